The van der Waals surface area contributed by atoms with Crippen molar-refractivity contribution in [1.29, 1.82) is 0 Å². The van der Waals surface area contributed by atoms with Crippen LogP contribution in [-0.2, 0) is 16.0 Å². The second-order valence-corrected chi connectivity index (χ2v) is 6.76. The molecule has 0 atom stereocenters. The molecule has 0 fully saturated rings. The molecule has 0 heterocycles. The van der Waals surface area contributed by atoms with E-state index in [-0.39, 0.29) is 24.8 Å². The van der Waals surface area contributed by atoms with Crippen molar-refractivity contribution in [1.82, 2.24) is 5.32 Å². The third-order valence-electron chi connectivity index (χ3n) is 4.39. The first-order chi connectivity index (χ1) is 13.4. The summed E-state index contributed by atoms with van der Waals surface area (Å²) in [5.74, 6) is 1.15. The van der Waals surface area contributed by atoms with Crippen LogP contribution in [0.1, 0.15) is 37.3 Å². The van der Waals surface area contributed by atoms with Gasteiger partial charge >= 0.3 is 0 Å². The zero-order valence-corrected chi connectivity index (χ0v) is 16.9. The SMILES string of the molecule is COc1ccc(CCC(=O)NCC(=O)Nc2ccccc2C(C)C)cc1OC. The molecule has 6 nitrogen and oxygen atoms in total. The molecule has 0 saturated heterocycles. The van der Waals surface area contributed by atoms with Gasteiger partial charge in [-0.2, -0.15) is 0 Å². The van der Waals surface area contributed by atoms with E-state index in [1.807, 2.05) is 42.5 Å². The van der Waals surface area contributed by atoms with E-state index in [1.54, 1.807) is 14.2 Å². The lowest BCUT2D eigenvalue weighted by molar-refractivity contribution is -0.124. The molecule has 2 aromatic carbocycles. The molecule has 28 heavy (non-hydrogen) atoms. The van der Waals surface area contributed by atoms with Crippen molar-refractivity contribution in [2.24, 2.45) is 0 Å². The fourth-order valence-corrected chi connectivity index (χ4v) is 2.87. The predicted molar refractivity (Wildman–Crippen MR) is 110 cm³/mol. The van der Waals surface area contributed by atoms with E-state index in [4.69, 9.17) is 9.47 Å². The Balaban J connectivity index is 1.82. The summed E-state index contributed by atoms with van der Waals surface area (Å²) >= 11 is 0. The number of benzene rings is 2. The molecule has 0 saturated carbocycles. The van der Waals surface area contributed by atoms with Crippen molar-refractivity contribution < 1.29 is 19.1 Å². The zero-order valence-electron chi connectivity index (χ0n) is 16.9. The summed E-state index contributed by atoms with van der Waals surface area (Å²) in [6.07, 6.45) is 0.829. The summed E-state index contributed by atoms with van der Waals surface area (Å²) in [7, 11) is 3.15. The predicted octanol–water partition coefficient (Wildman–Crippen LogP) is 3.51. The van der Waals surface area contributed by atoms with Crippen LogP contribution in [0.15, 0.2) is 42.5 Å². The summed E-state index contributed by atoms with van der Waals surface area (Å²) < 4.78 is 10.5. The summed E-state index contributed by atoms with van der Waals surface area (Å²) in [6.45, 7) is 4.08. The van der Waals surface area contributed by atoms with Crippen LogP contribution in [0.5, 0.6) is 11.5 Å². The molecule has 6 heteroatoms. The highest BCUT2D eigenvalue weighted by Crippen LogP contribution is 2.28. The molecule has 2 aromatic rings. The quantitative estimate of drug-likeness (QED) is 0.694. The molecule has 2 N–H and O–H groups in total. The van der Waals surface area contributed by atoms with Gasteiger partial charge in [-0.1, -0.05) is 38.1 Å². The second-order valence-electron chi connectivity index (χ2n) is 6.76. The standard InChI is InChI=1S/C22H28N2O4/c1-15(2)17-7-5-6-8-18(17)24-22(26)14-23-21(25)12-10-16-9-11-19(27-3)20(13-16)28-4/h5-9,11,13,15H,10,12,14H2,1-4H3,(H,23,25)(H,24,26). The van der Waals surface area contributed by atoms with Gasteiger partial charge in [0.1, 0.15) is 0 Å². The Morgan fingerprint density at radius 1 is 0.964 bits per heavy atom. The summed E-state index contributed by atoms with van der Waals surface area (Å²) in [5, 5.41) is 5.53. The average molecular weight is 384 g/mol. The van der Waals surface area contributed by atoms with E-state index in [0.717, 1.165) is 16.8 Å². The summed E-state index contributed by atoms with van der Waals surface area (Å²) in [6, 6.07) is 13.2. The van der Waals surface area contributed by atoms with Crippen LogP contribution in [0.2, 0.25) is 0 Å². The van der Waals surface area contributed by atoms with E-state index in [2.05, 4.69) is 24.5 Å². The number of rotatable bonds is 9. The van der Waals surface area contributed by atoms with Crippen LogP contribution in [-0.4, -0.2) is 32.6 Å². The molecule has 0 aliphatic rings. The zero-order chi connectivity index (χ0) is 20.5. The van der Waals surface area contributed by atoms with Crippen LogP contribution < -0.4 is 20.1 Å². The highest BCUT2D eigenvalue weighted by atomic mass is 16.5. The normalized spacial score (nSPS) is 10.5. The lowest BCUT2D eigenvalue weighted by Gasteiger charge is -2.14. The van der Waals surface area contributed by atoms with Gasteiger partial charge in [-0.15, -0.1) is 0 Å². The van der Waals surface area contributed by atoms with Gasteiger partial charge in [-0.05, 0) is 41.7 Å². The first kappa shape index (κ1) is 21.3. The fourth-order valence-electron chi connectivity index (χ4n) is 2.87. The molecule has 0 bridgehead atoms. The van der Waals surface area contributed by atoms with E-state index < -0.39 is 0 Å². The highest BCUT2D eigenvalue weighted by molar-refractivity contribution is 5.95. The Kier molecular flexibility index (Phi) is 7.87. The smallest absolute Gasteiger partial charge is 0.243 e. The molecule has 150 valence electrons. The Morgan fingerprint density at radius 2 is 1.68 bits per heavy atom. The summed E-state index contributed by atoms with van der Waals surface area (Å²) in [4.78, 5) is 24.2. The van der Waals surface area contributed by atoms with Gasteiger partial charge in [0.05, 0.1) is 20.8 Å². The third-order valence-corrected chi connectivity index (χ3v) is 4.39. The van der Waals surface area contributed by atoms with Gasteiger partial charge in [-0.3, -0.25) is 9.59 Å². The van der Waals surface area contributed by atoms with Gasteiger partial charge in [-0.25, -0.2) is 0 Å². The number of hydrogen-bond donors (Lipinski definition) is 2. The minimum absolute atomic E-state index is 0.0583. The number of aryl methyl sites for hydroxylation is 1. The van der Waals surface area contributed by atoms with Crippen molar-refractivity contribution in [3.8, 4) is 11.5 Å². The first-order valence-electron chi connectivity index (χ1n) is 9.31. The van der Waals surface area contributed by atoms with E-state index in [9.17, 15) is 9.59 Å². The van der Waals surface area contributed by atoms with Gasteiger partial charge in [0.15, 0.2) is 11.5 Å². The highest BCUT2D eigenvalue weighted by Gasteiger charge is 2.11. The van der Waals surface area contributed by atoms with Crippen LogP contribution in [0.25, 0.3) is 0 Å². The molecule has 0 radical (unpaired) electrons. The van der Waals surface area contributed by atoms with E-state index in [1.165, 1.54) is 0 Å². The largest absolute Gasteiger partial charge is 0.493 e. The lowest BCUT2D eigenvalue weighted by Crippen LogP contribution is -2.33. The maximum Gasteiger partial charge on any atom is 0.243 e. The van der Waals surface area contributed by atoms with Gasteiger partial charge in [0, 0.05) is 12.1 Å². The molecular weight excluding hydrogens is 356 g/mol. The van der Waals surface area contributed by atoms with Crippen LogP contribution in [0, 0.1) is 0 Å². The van der Waals surface area contributed by atoms with Gasteiger partial charge in [0.2, 0.25) is 11.8 Å². The topological polar surface area (TPSA) is 76.7 Å². The van der Waals surface area contributed by atoms with E-state index in [0.29, 0.717) is 23.8 Å². The van der Waals surface area contributed by atoms with Crippen LogP contribution in [0.4, 0.5) is 5.69 Å². The van der Waals surface area contributed by atoms with Crippen LogP contribution >= 0.6 is 0 Å². The Labute approximate surface area is 166 Å². The molecule has 2 amide bonds. The Bertz CT molecular complexity index is 818. The average Bonchev–Trinajstić information content (AvgIpc) is 2.70. The van der Waals surface area contributed by atoms with Crippen LogP contribution in [0.3, 0.4) is 0 Å². The minimum atomic E-state index is -0.243. The Morgan fingerprint density at radius 3 is 2.36 bits per heavy atom. The molecule has 0 spiro atoms. The molecule has 0 aliphatic heterocycles. The van der Waals surface area contributed by atoms with Crippen molar-refractivity contribution in [2.75, 3.05) is 26.1 Å². The minimum Gasteiger partial charge on any atom is -0.493 e. The molecular formula is C22H28N2O4. The third kappa shape index (κ3) is 6.01. The summed E-state index contributed by atoms with van der Waals surface area (Å²) in [5.41, 5.74) is 2.81. The number of ether oxygens (including phenoxy) is 2. The maximum absolute atomic E-state index is 12.2. The number of carbonyl (C=O) groups is 2. The first-order valence-corrected chi connectivity index (χ1v) is 9.31. The Hall–Kier alpha value is -3.02. The van der Waals surface area contributed by atoms with Gasteiger partial charge in [0.25, 0.3) is 0 Å². The van der Waals surface area contributed by atoms with E-state index >= 15 is 0 Å². The number of methoxy groups -OCH3 is 2. The molecule has 0 unspecified atom stereocenters. The lowest BCUT2D eigenvalue weighted by atomic mass is 10.0. The monoisotopic (exact) mass is 384 g/mol. The number of nitrogens with one attached hydrogen (secondary N) is 2. The number of amides is 2. The van der Waals surface area contributed by atoms with Crippen molar-refractivity contribution >= 4 is 17.5 Å². The number of para-hydroxylation sites is 1. The van der Waals surface area contributed by atoms with Gasteiger partial charge < -0.3 is 20.1 Å². The maximum atomic E-state index is 12.2. The molecule has 0 aromatic heterocycles. The second kappa shape index (κ2) is 10.3. The molecule has 0 aliphatic carbocycles. The van der Waals surface area contributed by atoms with Crippen molar-refractivity contribution in [2.45, 2.75) is 32.6 Å². The van der Waals surface area contributed by atoms with Crippen molar-refractivity contribution in [3.05, 3.63) is 53.6 Å². The fraction of sp³-hybridized carbons (Fsp3) is 0.364. The number of anilines is 1. The number of carbonyl (C=O) groups excluding carboxylic acids is 2. The molecule has 2 rings (SSSR count). The van der Waals surface area contributed by atoms with Crippen molar-refractivity contribution in [3.63, 3.8) is 0 Å². The number of hydrogen-bond acceptors (Lipinski definition) is 4.